The summed E-state index contributed by atoms with van der Waals surface area (Å²) in [6.07, 6.45) is 4.87. The molecule has 2 aromatic heterocycles. The molecule has 1 fully saturated rings. The van der Waals surface area contributed by atoms with E-state index in [4.69, 9.17) is 0 Å². The fraction of sp³-hybridized carbons (Fsp3) is 0.321. The van der Waals surface area contributed by atoms with E-state index in [9.17, 15) is 19.1 Å². The molecule has 180 valence electrons. The van der Waals surface area contributed by atoms with Gasteiger partial charge in [0.15, 0.2) is 0 Å². The highest BCUT2D eigenvalue weighted by Gasteiger charge is 2.29. The third-order valence-electron chi connectivity index (χ3n) is 7.26. The predicted molar refractivity (Wildman–Crippen MR) is 133 cm³/mol. The molecule has 0 unspecified atom stereocenters. The van der Waals surface area contributed by atoms with Crippen molar-refractivity contribution in [1.29, 1.82) is 0 Å². The third-order valence-corrected chi connectivity index (χ3v) is 7.26. The van der Waals surface area contributed by atoms with Crippen molar-refractivity contribution in [3.8, 4) is 0 Å². The van der Waals surface area contributed by atoms with Gasteiger partial charge in [-0.25, -0.2) is 4.39 Å². The van der Waals surface area contributed by atoms with Crippen LogP contribution >= 0.6 is 0 Å². The third kappa shape index (κ3) is 4.76. The van der Waals surface area contributed by atoms with Crippen LogP contribution in [0.2, 0.25) is 0 Å². The van der Waals surface area contributed by atoms with Crippen molar-refractivity contribution in [2.24, 2.45) is 11.8 Å². The molecule has 2 heterocycles. The minimum atomic E-state index is -0.722. The van der Waals surface area contributed by atoms with Gasteiger partial charge in [-0.1, -0.05) is 18.2 Å². The van der Waals surface area contributed by atoms with E-state index in [-0.39, 0.29) is 29.6 Å². The number of aromatic nitrogens is 2. The number of carbonyl (C=O) groups excluding carboxylic acids is 1. The topological polar surface area (TPSA) is 84.2 Å². The van der Waals surface area contributed by atoms with Crippen molar-refractivity contribution in [3.63, 3.8) is 0 Å². The summed E-state index contributed by atoms with van der Waals surface area (Å²) in [7, 11) is 0. The van der Waals surface area contributed by atoms with E-state index in [2.05, 4.69) is 10.3 Å². The molecule has 4 aromatic rings. The maximum atomic E-state index is 13.5. The molecule has 1 atom stereocenters. The minimum Gasteiger partial charge on any atom is -0.481 e. The lowest BCUT2D eigenvalue weighted by Gasteiger charge is -2.31. The number of carboxylic acids is 1. The highest BCUT2D eigenvalue weighted by molar-refractivity contribution is 6.06. The summed E-state index contributed by atoms with van der Waals surface area (Å²) in [5.74, 6) is -1.14. The average Bonchev–Trinajstić information content (AvgIpc) is 3.27. The summed E-state index contributed by atoms with van der Waals surface area (Å²) in [6.45, 7) is 2.49. The first kappa shape index (κ1) is 23.0. The van der Waals surface area contributed by atoms with Crippen LogP contribution in [0.3, 0.4) is 0 Å². The summed E-state index contributed by atoms with van der Waals surface area (Å²) in [6, 6.07) is 15.9. The number of nitrogens with one attached hydrogen (secondary N) is 1. The van der Waals surface area contributed by atoms with E-state index in [1.54, 1.807) is 6.07 Å². The number of rotatable bonds is 6. The van der Waals surface area contributed by atoms with E-state index in [1.807, 2.05) is 54.1 Å². The zero-order chi connectivity index (χ0) is 24.5. The largest absolute Gasteiger partial charge is 0.481 e. The quantitative estimate of drug-likeness (QED) is 0.393. The van der Waals surface area contributed by atoms with Crippen LogP contribution in [0, 0.1) is 17.7 Å². The molecule has 0 spiro atoms. The summed E-state index contributed by atoms with van der Waals surface area (Å²) in [4.78, 5) is 29.2. The number of nitrogens with zero attached hydrogens (tertiary/aromatic N) is 2. The summed E-state index contributed by atoms with van der Waals surface area (Å²) < 4.78 is 15.5. The van der Waals surface area contributed by atoms with Gasteiger partial charge in [-0.2, -0.15) is 0 Å². The van der Waals surface area contributed by atoms with E-state index in [1.165, 1.54) is 12.1 Å². The Bertz CT molecular complexity index is 1410. The number of amides is 1. The van der Waals surface area contributed by atoms with Gasteiger partial charge in [-0.05, 0) is 74.9 Å². The molecule has 0 bridgehead atoms. The number of carbonyl (C=O) groups is 2. The van der Waals surface area contributed by atoms with Crippen LogP contribution in [-0.2, 0) is 11.3 Å². The molecule has 0 saturated heterocycles. The van der Waals surface area contributed by atoms with Crippen LogP contribution in [0.5, 0.6) is 0 Å². The van der Waals surface area contributed by atoms with Crippen molar-refractivity contribution in [2.45, 2.75) is 45.2 Å². The number of hydrogen-bond donors (Lipinski definition) is 2. The Balaban J connectivity index is 1.36. The van der Waals surface area contributed by atoms with Gasteiger partial charge in [0.05, 0.1) is 34.8 Å². The molecular formula is C28H28FN3O3. The van der Waals surface area contributed by atoms with Gasteiger partial charge < -0.3 is 15.0 Å². The highest BCUT2D eigenvalue weighted by atomic mass is 19.1. The fourth-order valence-corrected chi connectivity index (χ4v) is 5.25. The fourth-order valence-electron chi connectivity index (χ4n) is 5.25. The number of pyridine rings is 1. The van der Waals surface area contributed by atoms with Crippen molar-refractivity contribution in [2.75, 3.05) is 0 Å². The smallest absolute Gasteiger partial charge is 0.306 e. The Morgan fingerprint density at radius 2 is 1.89 bits per heavy atom. The Labute approximate surface area is 202 Å². The van der Waals surface area contributed by atoms with Crippen molar-refractivity contribution in [3.05, 3.63) is 77.9 Å². The Kier molecular flexibility index (Phi) is 6.24. The number of aliphatic carboxylic acids is 1. The van der Waals surface area contributed by atoms with Crippen molar-refractivity contribution >= 4 is 33.7 Å². The molecule has 6 nitrogen and oxygen atoms in total. The number of fused-ring (bicyclic) bond motifs is 2. The van der Waals surface area contributed by atoms with Crippen LogP contribution in [0.1, 0.15) is 48.7 Å². The standard InChI is InChI=1S/C28H28FN3O3/c1-17(18-5-7-20(8-6-18)28(34)35)30-27(33)24-4-2-3-19-13-14-32(26(19)24)16-23-11-9-21-15-22(29)10-12-25(21)31-23/h2-4,9-15,17-18,20H,5-8,16H2,1H3,(H,30,33)(H,34,35)/t17-,18?,20?/m0/s1. The van der Waals surface area contributed by atoms with E-state index < -0.39 is 5.97 Å². The van der Waals surface area contributed by atoms with E-state index >= 15 is 0 Å². The van der Waals surface area contributed by atoms with Crippen LogP contribution in [0.25, 0.3) is 21.8 Å². The number of para-hydroxylation sites is 1. The molecule has 2 aromatic carbocycles. The first-order valence-electron chi connectivity index (χ1n) is 12.1. The molecule has 1 aliphatic carbocycles. The summed E-state index contributed by atoms with van der Waals surface area (Å²) >= 11 is 0. The van der Waals surface area contributed by atoms with Gasteiger partial charge in [0.25, 0.3) is 5.91 Å². The number of benzene rings is 2. The molecule has 7 heteroatoms. The highest BCUT2D eigenvalue weighted by Crippen LogP contribution is 2.31. The van der Waals surface area contributed by atoms with Gasteiger partial charge in [0.1, 0.15) is 5.82 Å². The van der Waals surface area contributed by atoms with Gasteiger partial charge in [0, 0.05) is 23.0 Å². The molecule has 1 saturated carbocycles. The number of carboxylic acid groups (broad SMARTS) is 1. The van der Waals surface area contributed by atoms with Crippen molar-refractivity contribution in [1.82, 2.24) is 14.9 Å². The Morgan fingerprint density at radius 3 is 2.66 bits per heavy atom. The maximum absolute atomic E-state index is 13.5. The zero-order valence-corrected chi connectivity index (χ0v) is 19.6. The minimum absolute atomic E-state index is 0.0431. The number of halogens is 1. The second-order valence-electron chi connectivity index (χ2n) is 9.54. The lowest BCUT2D eigenvalue weighted by atomic mass is 9.79. The molecule has 0 aliphatic heterocycles. The van der Waals surface area contributed by atoms with Crippen LogP contribution in [-0.4, -0.2) is 32.6 Å². The first-order valence-corrected chi connectivity index (χ1v) is 12.1. The molecular weight excluding hydrogens is 445 g/mol. The number of hydrogen-bond acceptors (Lipinski definition) is 3. The molecule has 1 amide bonds. The predicted octanol–water partition coefficient (Wildman–Crippen LogP) is 5.39. The second kappa shape index (κ2) is 9.49. The van der Waals surface area contributed by atoms with Gasteiger partial charge in [-0.15, -0.1) is 0 Å². The van der Waals surface area contributed by atoms with Crippen LogP contribution < -0.4 is 5.32 Å². The Hall–Kier alpha value is -3.74. The normalized spacial score (nSPS) is 19.0. The second-order valence-corrected chi connectivity index (χ2v) is 9.54. The van der Waals surface area contributed by atoms with Crippen molar-refractivity contribution < 1.29 is 19.1 Å². The van der Waals surface area contributed by atoms with Gasteiger partial charge >= 0.3 is 5.97 Å². The molecule has 35 heavy (non-hydrogen) atoms. The molecule has 5 rings (SSSR count). The summed E-state index contributed by atoms with van der Waals surface area (Å²) in [5.41, 5.74) is 2.99. The van der Waals surface area contributed by atoms with Gasteiger partial charge in [0.2, 0.25) is 0 Å². The van der Waals surface area contributed by atoms with E-state index in [0.717, 1.165) is 40.3 Å². The average molecular weight is 474 g/mol. The lowest BCUT2D eigenvalue weighted by Crippen LogP contribution is -2.40. The first-order chi connectivity index (χ1) is 16.9. The molecule has 2 N–H and O–H groups in total. The monoisotopic (exact) mass is 473 g/mol. The SMILES string of the molecule is C[C@H](NC(=O)c1cccc2ccn(Cc3ccc4cc(F)ccc4n3)c12)C1CCC(C(=O)O)CC1. The maximum Gasteiger partial charge on any atom is 0.306 e. The Morgan fingerprint density at radius 1 is 1.09 bits per heavy atom. The van der Waals surface area contributed by atoms with Crippen LogP contribution in [0.4, 0.5) is 4.39 Å². The van der Waals surface area contributed by atoms with E-state index in [0.29, 0.717) is 24.9 Å². The van der Waals surface area contributed by atoms with Crippen LogP contribution in [0.15, 0.2) is 60.8 Å². The summed E-state index contributed by atoms with van der Waals surface area (Å²) in [5, 5.41) is 14.1. The molecule has 0 radical (unpaired) electrons. The zero-order valence-electron chi connectivity index (χ0n) is 19.6. The van der Waals surface area contributed by atoms with Gasteiger partial charge in [-0.3, -0.25) is 14.6 Å². The lowest BCUT2D eigenvalue weighted by molar-refractivity contribution is -0.143. The molecule has 1 aliphatic rings.